The Kier molecular flexibility index (Phi) is 8.02. The summed E-state index contributed by atoms with van der Waals surface area (Å²) in [7, 11) is 4.32. The summed E-state index contributed by atoms with van der Waals surface area (Å²) in [5, 5.41) is 12.6. The lowest BCUT2D eigenvalue weighted by Gasteiger charge is -2.41. The summed E-state index contributed by atoms with van der Waals surface area (Å²) in [6.07, 6.45) is 2.83. The number of aliphatic carboxylic acids is 1. The van der Waals surface area contributed by atoms with Gasteiger partial charge >= 0.3 is 11.7 Å². The number of methoxy groups -OCH3 is 1. The molecule has 1 atom stereocenters. The maximum Gasteiger partial charge on any atom is 0.330 e. The number of nitrogens with one attached hydrogen (secondary N) is 1. The van der Waals surface area contributed by atoms with Gasteiger partial charge in [0.2, 0.25) is 5.88 Å². The van der Waals surface area contributed by atoms with Gasteiger partial charge in [0.05, 0.1) is 34.5 Å². The van der Waals surface area contributed by atoms with Gasteiger partial charge in [-0.05, 0) is 30.5 Å². The van der Waals surface area contributed by atoms with Crippen LogP contribution in [0.5, 0.6) is 5.88 Å². The van der Waals surface area contributed by atoms with Crippen molar-refractivity contribution in [2.45, 2.75) is 18.9 Å². The van der Waals surface area contributed by atoms with Gasteiger partial charge in [0.25, 0.3) is 11.5 Å². The molecule has 2 N–H and O–H groups in total. The molecule has 11 nitrogen and oxygen atoms in total. The van der Waals surface area contributed by atoms with Crippen molar-refractivity contribution in [3.8, 4) is 28.3 Å². The highest BCUT2D eigenvalue weighted by Gasteiger charge is 2.41. The molecule has 0 unspecified atom stereocenters. The summed E-state index contributed by atoms with van der Waals surface area (Å²) in [4.78, 5) is 56.0. The summed E-state index contributed by atoms with van der Waals surface area (Å²) in [5.41, 5.74) is 3.27. The van der Waals surface area contributed by atoms with E-state index in [2.05, 4.69) is 10.2 Å². The molecule has 4 aromatic rings. The SMILES string of the molecule is COc1nc(-c2cccc(-c3cccc(NC(=O)c4cn(C)c(=O)n(C)c4=O)c3Cl)c2Cl)cc2c1[C@@H](N1CC(C(=O)O)C1)CC2. The Balaban J connectivity index is 1.32. The Bertz CT molecular complexity index is 2000. The van der Waals surface area contributed by atoms with Crippen molar-refractivity contribution in [1.82, 2.24) is 19.0 Å². The Morgan fingerprint density at radius 2 is 1.69 bits per heavy atom. The number of carbonyl (C=O) groups excluding carboxylic acids is 1. The van der Waals surface area contributed by atoms with Crippen molar-refractivity contribution in [2.24, 2.45) is 20.0 Å². The maximum atomic E-state index is 13.1. The predicted octanol–water partition coefficient (Wildman–Crippen LogP) is 4.38. The van der Waals surface area contributed by atoms with Crippen LogP contribution in [0.2, 0.25) is 10.0 Å². The average molecular weight is 651 g/mol. The van der Waals surface area contributed by atoms with Gasteiger partial charge in [-0.1, -0.05) is 53.5 Å². The molecule has 2 aliphatic rings. The smallest absolute Gasteiger partial charge is 0.330 e. The zero-order valence-electron chi connectivity index (χ0n) is 24.6. The standard InChI is InChI=1S/C32H29Cl2N5O6/c1-37-15-21(30(41)38(2)32(37)44)28(40)35-22-9-5-7-19(27(22)34)18-6-4-8-20(26(18)33)23-12-16-10-11-24(25(16)29(36-23)45-3)39-13-17(14-39)31(42)43/h4-9,12,15,17,24H,10-11,13-14H2,1-3H3,(H,35,40)(H,42,43)/t24-/m0/s1. The first kappa shape index (κ1) is 30.6. The highest BCUT2D eigenvalue weighted by molar-refractivity contribution is 6.39. The van der Waals surface area contributed by atoms with E-state index in [1.807, 2.05) is 24.3 Å². The minimum Gasteiger partial charge on any atom is -0.481 e. The number of carboxylic acid groups (broad SMARTS) is 1. The molecule has 2 aromatic heterocycles. The number of hydrogen-bond acceptors (Lipinski definition) is 7. The largest absolute Gasteiger partial charge is 0.481 e. The molecule has 45 heavy (non-hydrogen) atoms. The fourth-order valence-electron chi connectivity index (χ4n) is 6.09. The number of likely N-dealkylation sites (tertiary alicyclic amines) is 1. The van der Waals surface area contributed by atoms with Crippen molar-refractivity contribution in [3.63, 3.8) is 0 Å². The van der Waals surface area contributed by atoms with Crippen LogP contribution >= 0.6 is 23.2 Å². The van der Waals surface area contributed by atoms with Crippen LogP contribution < -0.4 is 21.3 Å². The molecule has 0 saturated carbocycles. The van der Waals surface area contributed by atoms with Crippen LogP contribution in [0.1, 0.15) is 33.9 Å². The maximum absolute atomic E-state index is 13.1. The molecule has 3 heterocycles. The summed E-state index contributed by atoms with van der Waals surface area (Å²) in [5.74, 6) is -1.36. The number of halogens is 2. The summed E-state index contributed by atoms with van der Waals surface area (Å²) in [6.45, 7) is 1.00. The Hall–Kier alpha value is -4.45. The Labute approximate surface area is 267 Å². The summed E-state index contributed by atoms with van der Waals surface area (Å²) >= 11 is 13.8. The third-order valence-corrected chi connectivity index (χ3v) is 9.34. The highest BCUT2D eigenvalue weighted by Crippen LogP contribution is 2.46. The van der Waals surface area contributed by atoms with Gasteiger partial charge < -0.3 is 19.7 Å². The number of aryl methyl sites for hydroxylation is 2. The number of fused-ring (bicyclic) bond motifs is 1. The Morgan fingerprint density at radius 3 is 2.38 bits per heavy atom. The third-order valence-electron chi connectivity index (χ3n) is 8.53. The van der Waals surface area contributed by atoms with Crippen LogP contribution in [0.3, 0.4) is 0 Å². The number of ether oxygens (including phenoxy) is 1. The van der Waals surface area contributed by atoms with Gasteiger partial charge in [0, 0.05) is 61.7 Å². The first-order valence-corrected chi connectivity index (χ1v) is 15.0. The van der Waals surface area contributed by atoms with Crippen molar-refractivity contribution in [3.05, 3.63) is 96.2 Å². The highest BCUT2D eigenvalue weighted by atomic mass is 35.5. The van der Waals surface area contributed by atoms with Crippen LogP contribution in [0, 0.1) is 5.92 Å². The number of carbonyl (C=O) groups is 2. The number of carboxylic acids is 1. The van der Waals surface area contributed by atoms with E-state index in [-0.39, 0.29) is 28.2 Å². The lowest BCUT2D eigenvalue weighted by molar-refractivity contribution is -0.148. The van der Waals surface area contributed by atoms with Crippen molar-refractivity contribution >= 4 is 40.8 Å². The van der Waals surface area contributed by atoms with Crippen LogP contribution in [0.25, 0.3) is 22.4 Å². The number of amides is 1. The summed E-state index contributed by atoms with van der Waals surface area (Å²) in [6, 6.07) is 12.6. The number of nitrogens with zero attached hydrogens (tertiary/aromatic N) is 4. The van der Waals surface area contributed by atoms with Gasteiger partial charge in [-0.25, -0.2) is 9.78 Å². The van der Waals surface area contributed by atoms with E-state index >= 15 is 0 Å². The molecule has 232 valence electrons. The predicted molar refractivity (Wildman–Crippen MR) is 170 cm³/mol. The van der Waals surface area contributed by atoms with Gasteiger partial charge in [0.1, 0.15) is 5.56 Å². The van der Waals surface area contributed by atoms with Gasteiger partial charge in [-0.15, -0.1) is 0 Å². The number of anilines is 1. The van der Waals surface area contributed by atoms with E-state index in [0.29, 0.717) is 46.4 Å². The quantitative estimate of drug-likeness (QED) is 0.301. The zero-order valence-corrected chi connectivity index (χ0v) is 26.1. The molecule has 1 aliphatic heterocycles. The van der Waals surface area contributed by atoms with Gasteiger partial charge in [-0.2, -0.15) is 0 Å². The van der Waals surface area contributed by atoms with Crippen molar-refractivity contribution < 1.29 is 19.4 Å². The molecule has 2 aromatic carbocycles. The molecule has 0 radical (unpaired) electrons. The normalized spacial score (nSPS) is 16.2. The third kappa shape index (κ3) is 5.30. The molecule has 6 rings (SSSR count). The molecular weight excluding hydrogens is 621 g/mol. The molecule has 1 amide bonds. The minimum atomic E-state index is -0.775. The fraction of sp³-hybridized carbons (Fsp3) is 0.281. The second kappa shape index (κ2) is 11.8. The zero-order chi connectivity index (χ0) is 32.2. The second-order valence-corrected chi connectivity index (χ2v) is 12.0. The lowest BCUT2D eigenvalue weighted by atomic mass is 9.95. The number of hydrogen-bond donors (Lipinski definition) is 2. The second-order valence-electron chi connectivity index (χ2n) is 11.2. The number of rotatable bonds is 7. The average Bonchev–Trinajstić information content (AvgIpc) is 3.41. The molecule has 0 bridgehead atoms. The van der Waals surface area contributed by atoms with E-state index in [1.165, 1.54) is 20.3 Å². The number of benzene rings is 2. The lowest BCUT2D eigenvalue weighted by Crippen LogP contribution is -2.51. The molecule has 0 spiro atoms. The first-order valence-electron chi connectivity index (χ1n) is 14.2. The van der Waals surface area contributed by atoms with E-state index in [1.54, 1.807) is 25.3 Å². The number of pyridine rings is 1. The van der Waals surface area contributed by atoms with Crippen molar-refractivity contribution in [2.75, 3.05) is 25.5 Å². The van der Waals surface area contributed by atoms with Gasteiger partial charge in [0.15, 0.2) is 0 Å². The topological polar surface area (TPSA) is 136 Å². The van der Waals surface area contributed by atoms with E-state index in [4.69, 9.17) is 32.9 Å². The van der Waals surface area contributed by atoms with E-state index in [9.17, 15) is 24.3 Å². The molecule has 1 fully saturated rings. The van der Waals surface area contributed by atoms with Gasteiger partial charge in [-0.3, -0.25) is 23.9 Å². The fourth-order valence-corrected chi connectivity index (χ4v) is 6.69. The monoisotopic (exact) mass is 649 g/mol. The summed E-state index contributed by atoms with van der Waals surface area (Å²) < 4.78 is 7.75. The molecule has 13 heteroatoms. The first-order chi connectivity index (χ1) is 21.5. The van der Waals surface area contributed by atoms with Crippen LogP contribution in [0.15, 0.2) is 58.3 Å². The molecule has 1 aliphatic carbocycles. The minimum absolute atomic E-state index is 0.0478. The van der Waals surface area contributed by atoms with Crippen LogP contribution in [0.4, 0.5) is 5.69 Å². The Morgan fingerprint density at radius 1 is 1.02 bits per heavy atom. The van der Waals surface area contributed by atoms with Crippen molar-refractivity contribution in [1.29, 1.82) is 0 Å². The molecule has 1 saturated heterocycles. The van der Waals surface area contributed by atoms with E-state index < -0.39 is 23.1 Å². The molecular formula is C32H29Cl2N5O6. The number of aromatic nitrogens is 3. The van der Waals surface area contributed by atoms with E-state index in [0.717, 1.165) is 33.1 Å². The van der Waals surface area contributed by atoms with Crippen LogP contribution in [-0.2, 0) is 25.3 Å². The van der Waals surface area contributed by atoms with Crippen LogP contribution in [-0.4, -0.2) is 56.2 Å².